The van der Waals surface area contributed by atoms with Crippen molar-refractivity contribution in [3.05, 3.63) is 136 Å². The zero-order valence-electron chi connectivity index (χ0n) is 25.5. The van der Waals surface area contributed by atoms with Crippen LogP contribution in [0.2, 0.25) is 0 Å². The van der Waals surface area contributed by atoms with Gasteiger partial charge in [0.15, 0.2) is 0 Å². The molecular weight excluding hydrogens is 532 g/mol. The number of carbonyl (C=O) groups excluding carboxylic acids is 1. The molecular formula is C37H40N4O2. The van der Waals surface area contributed by atoms with E-state index in [0.29, 0.717) is 48.7 Å². The van der Waals surface area contributed by atoms with E-state index in [2.05, 4.69) is 32.0 Å². The van der Waals surface area contributed by atoms with E-state index < -0.39 is 6.04 Å². The number of fused-ring (bicyclic) bond motifs is 1. The fourth-order valence-electron chi connectivity index (χ4n) is 5.79. The van der Waals surface area contributed by atoms with Gasteiger partial charge in [0.1, 0.15) is 5.82 Å². The van der Waals surface area contributed by atoms with Crippen LogP contribution in [0.5, 0.6) is 0 Å². The largest absolute Gasteiger partial charge is 0.330 e. The van der Waals surface area contributed by atoms with Crippen molar-refractivity contribution in [1.29, 1.82) is 0 Å². The van der Waals surface area contributed by atoms with Crippen molar-refractivity contribution in [3.8, 4) is 11.1 Å². The van der Waals surface area contributed by atoms with Crippen molar-refractivity contribution in [1.82, 2.24) is 14.5 Å². The molecule has 6 nitrogen and oxygen atoms in total. The maximum atomic E-state index is 14.6. The van der Waals surface area contributed by atoms with Crippen LogP contribution in [-0.4, -0.2) is 33.4 Å². The zero-order chi connectivity index (χ0) is 30.5. The van der Waals surface area contributed by atoms with Crippen LogP contribution in [0.3, 0.4) is 0 Å². The van der Waals surface area contributed by atoms with Crippen molar-refractivity contribution in [2.45, 2.75) is 46.7 Å². The van der Waals surface area contributed by atoms with Crippen LogP contribution in [-0.2, 0) is 6.54 Å². The highest BCUT2D eigenvalue weighted by Crippen LogP contribution is 2.32. The van der Waals surface area contributed by atoms with Gasteiger partial charge in [-0.15, -0.1) is 0 Å². The van der Waals surface area contributed by atoms with E-state index in [1.54, 1.807) is 4.57 Å². The van der Waals surface area contributed by atoms with E-state index >= 15 is 0 Å². The average Bonchev–Trinajstić information content (AvgIpc) is 3.01. The summed E-state index contributed by atoms with van der Waals surface area (Å²) in [5, 5.41) is 2.18. The quantitative estimate of drug-likeness (QED) is 0.197. The standard InChI is InChI=1S/C37H40N4O2/c1-25(2)34(40(22-10-21-38)36(42)30-17-15-26(3)16-18-30)35-39-27(4)33(32-20-19-29-13-8-9-14-31(29)23-32)37(43)41(35)24-28-11-6-5-7-12-28/h5-9,11-20,23,25,34H,10,21-22,24,38H2,1-4H3. The molecule has 0 aliphatic rings. The smallest absolute Gasteiger partial charge is 0.262 e. The van der Waals surface area contributed by atoms with Gasteiger partial charge >= 0.3 is 0 Å². The number of rotatable bonds is 10. The maximum Gasteiger partial charge on any atom is 0.262 e. The van der Waals surface area contributed by atoms with Crippen LogP contribution < -0.4 is 11.3 Å². The molecule has 1 heterocycles. The number of aromatic nitrogens is 2. The third-order valence-corrected chi connectivity index (χ3v) is 8.00. The second-order valence-corrected chi connectivity index (χ2v) is 11.6. The van der Waals surface area contributed by atoms with E-state index in [9.17, 15) is 9.59 Å². The van der Waals surface area contributed by atoms with Gasteiger partial charge in [-0.25, -0.2) is 4.98 Å². The molecule has 5 rings (SSSR count). The Bertz CT molecular complexity index is 1780. The molecule has 0 saturated heterocycles. The molecule has 0 spiro atoms. The molecule has 0 saturated carbocycles. The first-order valence-corrected chi connectivity index (χ1v) is 15.0. The van der Waals surface area contributed by atoms with Gasteiger partial charge in [-0.1, -0.05) is 98.3 Å². The van der Waals surface area contributed by atoms with E-state index in [4.69, 9.17) is 10.7 Å². The molecule has 1 unspecified atom stereocenters. The third kappa shape index (κ3) is 6.45. The summed E-state index contributed by atoms with van der Waals surface area (Å²) in [6.45, 7) is 9.30. The van der Waals surface area contributed by atoms with Crippen molar-refractivity contribution in [2.24, 2.45) is 11.7 Å². The number of aryl methyl sites for hydroxylation is 2. The highest BCUT2D eigenvalue weighted by Gasteiger charge is 2.33. The summed E-state index contributed by atoms with van der Waals surface area (Å²) in [7, 11) is 0. The summed E-state index contributed by atoms with van der Waals surface area (Å²) in [4.78, 5) is 35.7. The van der Waals surface area contributed by atoms with E-state index in [1.165, 1.54) is 0 Å². The Hall–Kier alpha value is -4.55. The van der Waals surface area contributed by atoms with Gasteiger partial charge < -0.3 is 10.6 Å². The Labute approximate surface area is 253 Å². The maximum absolute atomic E-state index is 14.6. The Balaban J connectivity index is 1.71. The molecule has 43 heavy (non-hydrogen) atoms. The first-order valence-electron chi connectivity index (χ1n) is 15.0. The van der Waals surface area contributed by atoms with Crippen LogP contribution in [0.1, 0.15) is 59.3 Å². The average molecular weight is 573 g/mol. The second-order valence-electron chi connectivity index (χ2n) is 11.6. The number of hydrogen-bond acceptors (Lipinski definition) is 4. The molecule has 2 N–H and O–H groups in total. The first-order chi connectivity index (χ1) is 20.8. The SMILES string of the molecule is Cc1ccc(C(=O)N(CCCN)C(c2nc(C)c(-c3ccc4ccccc4c3)c(=O)n2Cc2ccccc2)C(C)C)cc1. The lowest BCUT2D eigenvalue weighted by Crippen LogP contribution is -2.42. The van der Waals surface area contributed by atoms with E-state index in [-0.39, 0.29) is 17.4 Å². The Morgan fingerprint density at radius 3 is 2.23 bits per heavy atom. The van der Waals surface area contributed by atoms with Crippen LogP contribution in [0.4, 0.5) is 0 Å². The van der Waals surface area contributed by atoms with Crippen LogP contribution in [0.25, 0.3) is 21.9 Å². The van der Waals surface area contributed by atoms with Crippen LogP contribution >= 0.6 is 0 Å². The molecule has 0 aliphatic carbocycles. The van der Waals surface area contributed by atoms with Gasteiger partial charge in [0, 0.05) is 12.1 Å². The third-order valence-electron chi connectivity index (χ3n) is 8.00. The van der Waals surface area contributed by atoms with Gasteiger partial charge in [-0.2, -0.15) is 0 Å². The number of nitrogens with zero attached hydrogens (tertiary/aromatic N) is 3. The van der Waals surface area contributed by atoms with E-state index in [1.807, 2.05) is 97.6 Å². The van der Waals surface area contributed by atoms with Crippen molar-refractivity contribution in [2.75, 3.05) is 13.1 Å². The van der Waals surface area contributed by atoms with Gasteiger partial charge in [0.25, 0.3) is 11.5 Å². The summed E-state index contributed by atoms with van der Waals surface area (Å²) >= 11 is 0. The summed E-state index contributed by atoms with van der Waals surface area (Å²) in [5.41, 5.74) is 10.6. The molecule has 0 aliphatic heterocycles. The second kappa shape index (κ2) is 13.2. The number of hydrogen-bond donors (Lipinski definition) is 1. The molecule has 0 bridgehead atoms. The Morgan fingerprint density at radius 1 is 0.884 bits per heavy atom. The fraction of sp³-hybridized carbons (Fsp3) is 0.270. The monoisotopic (exact) mass is 572 g/mol. The predicted molar refractivity (Wildman–Crippen MR) is 175 cm³/mol. The minimum atomic E-state index is -0.443. The van der Waals surface area contributed by atoms with Gasteiger partial charge in [0.2, 0.25) is 0 Å². The number of benzene rings is 4. The highest BCUT2D eigenvalue weighted by molar-refractivity contribution is 5.94. The number of nitrogens with two attached hydrogens (primary N) is 1. The molecule has 220 valence electrons. The van der Waals surface area contributed by atoms with Crippen molar-refractivity contribution >= 4 is 16.7 Å². The zero-order valence-corrected chi connectivity index (χ0v) is 25.5. The van der Waals surface area contributed by atoms with Crippen molar-refractivity contribution in [3.63, 3.8) is 0 Å². The van der Waals surface area contributed by atoms with Gasteiger partial charge in [-0.05, 0) is 72.8 Å². The highest BCUT2D eigenvalue weighted by atomic mass is 16.2. The van der Waals surface area contributed by atoms with Crippen molar-refractivity contribution < 1.29 is 4.79 Å². The summed E-state index contributed by atoms with van der Waals surface area (Å²) in [5.74, 6) is 0.472. The molecule has 6 heteroatoms. The normalized spacial score (nSPS) is 12.0. The lowest BCUT2D eigenvalue weighted by molar-refractivity contribution is 0.0602. The van der Waals surface area contributed by atoms with E-state index in [0.717, 1.165) is 27.5 Å². The minimum absolute atomic E-state index is 0.0213. The number of carbonyl (C=O) groups is 1. The molecule has 5 aromatic rings. The minimum Gasteiger partial charge on any atom is -0.330 e. The summed E-state index contributed by atoms with van der Waals surface area (Å²) < 4.78 is 1.77. The molecule has 1 atom stereocenters. The Kier molecular flexibility index (Phi) is 9.17. The predicted octanol–water partition coefficient (Wildman–Crippen LogP) is 6.92. The molecule has 0 radical (unpaired) electrons. The summed E-state index contributed by atoms with van der Waals surface area (Å²) in [6, 6.07) is 31.4. The molecule has 1 aromatic heterocycles. The fourth-order valence-corrected chi connectivity index (χ4v) is 5.79. The lowest BCUT2D eigenvalue weighted by Gasteiger charge is -2.36. The number of amides is 1. The Morgan fingerprint density at radius 2 is 1.56 bits per heavy atom. The molecule has 1 amide bonds. The first kappa shape index (κ1) is 29.9. The van der Waals surface area contributed by atoms with Crippen LogP contribution in [0, 0.1) is 19.8 Å². The summed E-state index contributed by atoms with van der Waals surface area (Å²) in [6.07, 6.45) is 0.637. The lowest BCUT2D eigenvalue weighted by atomic mass is 9.97. The van der Waals surface area contributed by atoms with Gasteiger partial charge in [-0.3, -0.25) is 14.2 Å². The van der Waals surface area contributed by atoms with Gasteiger partial charge in [0.05, 0.1) is 23.8 Å². The molecule has 0 fully saturated rings. The topological polar surface area (TPSA) is 81.2 Å². The van der Waals surface area contributed by atoms with Crippen LogP contribution in [0.15, 0.2) is 102 Å². The molecule has 4 aromatic carbocycles.